The van der Waals surface area contributed by atoms with Crippen molar-refractivity contribution in [1.29, 1.82) is 0 Å². The van der Waals surface area contributed by atoms with Crippen molar-refractivity contribution in [2.24, 2.45) is 0 Å². The summed E-state index contributed by atoms with van der Waals surface area (Å²) in [5.41, 5.74) is 3.37. The number of methoxy groups -OCH3 is 1. The molecule has 0 radical (unpaired) electrons. The van der Waals surface area contributed by atoms with E-state index < -0.39 is 0 Å². The van der Waals surface area contributed by atoms with Crippen molar-refractivity contribution in [1.82, 2.24) is 9.55 Å². The molecule has 0 spiro atoms. The maximum absolute atomic E-state index is 5.35. The van der Waals surface area contributed by atoms with Gasteiger partial charge in [0, 0.05) is 19.4 Å². The van der Waals surface area contributed by atoms with Gasteiger partial charge in [-0.05, 0) is 17.7 Å². The summed E-state index contributed by atoms with van der Waals surface area (Å²) in [6.07, 6.45) is 2.80. The van der Waals surface area contributed by atoms with Crippen molar-refractivity contribution in [2.75, 3.05) is 7.11 Å². The molecule has 0 saturated heterocycles. The second-order valence-corrected chi connectivity index (χ2v) is 5.32. The van der Waals surface area contributed by atoms with Crippen molar-refractivity contribution in [3.8, 4) is 0 Å². The molecule has 2 aromatic carbocycles. The first kappa shape index (κ1) is 14.5. The molecule has 0 N–H and O–H groups in total. The Hall–Kier alpha value is -2.39. The van der Waals surface area contributed by atoms with Crippen LogP contribution in [0.2, 0.25) is 0 Å². The zero-order chi connectivity index (χ0) is 15.4. The third-order valence-corrected chi connectivity index (χ3v) is 3.91. The molecule has 3 aromatic rings. The Morgan fingerprint density at radius 2 is 1.86 bits per heavy atom. The van der Waals surface area contributed by atoms with Crippen LogP contribution in [0.25, 0.3) is 11.0 Å². The molecule has 0 unspecified atom stereocenters. The Labute approximate surface area is 130 Å². The summed E-state index contributed by atoms with van der Waals surface area (Å²) in [5, 5.41) is 0. The van der Waals surface area contributed by atoms with Crippen LogP contribution in [0.15, 0.2) is 67.3 Å². The van der Waals surface area contributed by atoms with Gasteiger partial charge in [0.05, 0.1) is 11.0 Å². The van der Waals surface area contributed by atoms with E-state index in [0.717, 1.165) is 23.3 Å². The van der Waals surface area contributed by atoms with E-state index in [-0.39, 0.29) is 5.92 Å². The highest BCUT2D eigenvalue weighted by molar-refractivity contribution is 5.75. The summed E-state index contributed by atoms with van der Waals surface area (Å²) in [6.45, 7) is 4.50. The van der Waals surface area contributed by atoms with Crippen LogP contribution in [0.1, 0.15) is 17.3 Å². The molecule has 0 bridgehead atoms. The van der Waals surface area contributed by atoms with Crippen molar-refractivity contribution < 1.29 is 4.74 Å². The zero-order valence-electron chi connectivity index (χ0n) is 12.8. The largest absolute Gasteiger partial charge is 0.364 e. The van der Waals surface area contributed by atoms with E-state index in [1.54, 1.807) is 7.11 Å². The number of rotatable bonds is 6. The first-order chi connectivity index (χ1) is 10.8. The van der Waals surface area contributed by atoms with Crippen LogP contribution in [-0.2, 0) is 17.9 Å². The van der Waals surface area contributed by atoms with Gasteiger partial charge in [0.2, 0.25) is 0 Å². The lowest BCUT2D eigenvalue weighted by Gasteiger charge is -2.14. The fraction of sp³-hybridized carbons (Fsp3) is 0.211. The molecular weight excluding hydrogens is 272 g/mol. The number of aromatic nitrogens is 2. The summed E-state index contributed by atoms with van der Waals surface area (Å²) in [4.78, 5) is 4.78. The Morgan fingerprint density at radius 3 is 2.59 bits per heavy atom. The van der Waals surface area contributed by atoms with Crippen LogP contribution in [0.5, 0.6) is 0 Å². The van der Waals surface area contributed by atoms with Crippen LogP contribution < -0.4 is 0 Å². The number of nitrogens with zero attached hydrogens (tertiary/aromatic N) is 2. The van der Waals surface area contributed by atoms with E-state index in [9.17, 15) is 0 Å². The van der Waals surface area contributed by atoms with Crippen molar-refractivity contribution in [3.63, 3.8) is 0 Å². The normalized spacial score (nSPS) is 12.4. The van der Waals surface area contributed by atoms with Gasteiger partial charge in [0.1, 0.15) is 12.6 Å². The van der Waals surface area contributed by atoms with Crippen molar-refractivity contribution >= 4 is 11.0 Å². The highest BCUT2D eigenvalue weighted by Gasteiger charge is 2.15. The van der Waals surface area contributed by atoms with E-state index in [4.69, 9.17) is 9.72 Å². The van der Waals surface area contributed by atoms with E-state index in [1.807, 2.05) is 30.3 Å². The minimum absolute atomic E-state index is 0.244. The molecule has 0 aliphatic carbocycles. The molecule has 3 nitrogen and oxygen atoms in total. The fourth-order valence-corrected chi connectivity index (χ4v) is 2.79. The average molecular weight is 292 g/mol. The van der Waals surface area contributed by atoms with Gasteiger partial charge in [-0.3, -0.25) is 0 Å². The lowest BCUT2D eigenvalue weighted by molar-refractivity contribution is 0.131. The molecule has 22 heavy (non-hydrogen) atoms. The fourth-order valence-electron chi connectivity index (χ4n) is 2.79. The third kappa shape index (κ3) is 2.81. The molecule has 1 atom stereocenters. The minimum atomic E-state index is 0.244. The van der Waals surface area contributed by atoms with Crippen LogP contribution in [0.4, 0.5) is 0 Å². The maximum atomic E-state index is 5.35. The number of hydrogen-bond donors (Lipinski definition) is 0. The first-order valence-electron chi connectivity index (χ1n) is 7.44. The number of imidazole rings is 1. The van der Waals surface area contributed by atoms with Gasteiger partial charge >= 0.3 is 0 Å². The predicted molar refractivity (Wildman–Crippen MR) is 89.8 cm³/mol. The van der Waals surface area contributed by atoms with Gasteiger partial charge in [-0.2, -0.15) is 0 Å². The topological polar surface area (TPSA) is 27.1 Å². The standard InChI is InChI=1S/C19H20N2O/c1-3-15(16-9-5-4-6-10-16)13-19-20-17-11-7-8-12-18(17)21(19)14-22-2/h3-12,15H,1,13-14H2,2H3/t15-/m1/s1. The van der Waals surface area contributed by atoms with E-state index in [1.165, 1.54) is 5.56 Å². The van der Waals surface area contributed by atoms with Crippen LogP contribution in [-0.4, -0.2) is 16.7 Å². The molecule has 0 aliphatic rings. The highest BCUT2D eigenvalue weighted by atomic mass is 16.5. The van der Waals surface area contributed by atoms with Gasteiger partial charge in [0.15, 0.2) is 0 Å². The number of hydrogen-bond acceptors (Lipinski definition) is 2. The molecule has 1 heterocycles. The SMILES string of the molecule is C=C[C@H](Cc1nc2ccccc2n1COC)c1ccccc1. The van der Waals surface area contributed by atoms with Crippen LogP contribution in [0.3, 0.4) is 0 Å². The van der Waals surface area contributed by atoms with Crippen LogP contribution in [0, 0.1) is 0 Å². The highest BCUT2D eigenvalue weighted by Crippen LogP contribution is 2.24. The quantitative estimate of drug-likeness (QED) is 0.638. The average Bonchev–Trinajstić information content (AvgIpc) is 2.91. The third-order valence-electron chi connectivity index (χ3n) is 3.91. The summed E-state index contributed by atoms with van der Waals surface area (Å²) >= 11 is 0. The summed E-state index contributed by atoms with van der Waals surface area (Å²) < 4.78 is 7.49. The van der Waals surface area contributed by atoms with Crippen LogP contribution >= 0.6 is 0 Å². The van der Waals surface area contributed by atoms with Gasteiger partial charge in [-0.15, -0.1) is 6.58 Å². The Kier molecular flexibility index (Phi) is 4.35. The molecule has 112 valence electrons. The Balaban J connectivity index is 1.98. The van der Waals surface area contributed by atoms with E-state index in [2.05, 4.69) is 41.5 Å². The van der Waals surface area contributed by atoms with Gasteiger partial charge in [0.25, 0.3) is 0 Å². The van der Waals surface area contributed by atoms with E-state index >= 15 is 0 Å². The number of fused-ring (bicyclic) bond motifs is 1. The number of allylic oxidation sites excluding steroid dienone is 1. The molecule has 3 rings (SSSR count). The van der Waals surface area contributed by atoms with Crippen molar-refractivity contribution in [3.05, 3.63) is 78.6 Å². The molecule has 0 saturated carbocycles. The molecule has 3 heteroatoms. The zero-order valence-corrected chi connectivity index (χ0v) is 12.8. The molecule has 1 aromatic heterocycles. The molecule has 0 amide bonds. The minimum Gasteiger partial charge on any atom is -0.364 e. The molecule has 0 aliphatic heterocycles. The smallest absolute Gasteiger partial charge is 0.124 e. The Bertz CT molecular complexity index is 761. The predicted octanol–water partition coefficient (Wildman–Crippen LogP) is 4.15. The lowest BCUT2D eigenvalue weighted by atomic mass is 9.95. The van der Waals surface area contributed by atoms with E-state index in [0.29, 0.717) is 6.73 Å². The number of benzene rings is 2. The monoisotopic (exact) mass is 292 g/mol. The maximum Gasteiger partial charge on any atom is 0.124 e. The number of para-hydroxylation sites is 2. The second kappa shape index (κ2) is 6.58. The van der Waals surface area contributed by atoms with Gasteiger partial charge in [-0.25, -0.2) is 4.98 Å². The second-order valence-electron chi connectivity index (χ2n) is 5.32. The lowest BCUT2D eigenvalue weighted by Crippen LogP contribution is -2.09. The summed E-state index contributed by atoms with van der Waals surface area (Å²) in [6, 6.07) is 18.6. The van der Waals surface area contributed by atoms with Gasteiger partial charge < -0.3 is 9.30 Å². The number of ether oxygens (including phenoxy) is 1. The first-order valence-corrected chi connectivity index (χ1v) is 7.44. The van der Waals surface area contributed by atoms with Crippen molar-refractivity contribution in [2.45, 2.75) is 19.1 Å². The summed E-state index contributed by atoms with van der Waals surface area (Å²) in [7, 11) is 1.71. The Morgan fingerprint density at radius 1 is 1.14 bits per heavy atom. The summed E-state index contributed by atoms with van der Waals surface area (Å²) in [5.74, 6) is 1.27. The molecule has 0 fully saturated rings. The van der Waals surface area contributed by atoms with Gasteiger partial charge in [-0.1, -0.05) is 48.5 Å². The molecular formula is C19H20N2O.